The zero-order valence-corrected chi connectivity index (χ0v) is 23.4. The summed E-state index contributed by atoms with van der Waals surface area (Å²) in [7, 11) is 0. The molecule has 0 saturated carbocycles. The van der Waals surface area contributed by atoms with Crippen LogP contribution in [-0.2, 0) is 4.74 Å². The number of carbonyl (C=O) groups is 2. The number of nitrogens with one attached hydrogen (secondary N) is 2. The Hall–Kier alpha value is -4.21. The Morgan fingerprint density at radius 3 is 2.56 bits per heavy atom. The first-order valence-electron chi connectivity index (χ1n) is 13.0. The summed E-state index contributed by atoms with van der Waals surface area (Å²) in [5.41, 5.74) is 2.80. The van der Waals surface area contributed by atoms with E-state index in [1.54, 1.807) is 23.4 Å². The molecule has 1 fully saturated rings. The van der Waals surface area contributed by atoms with Crippen molar-refractivity contribution >= 4 is 23.6 Å². The zero-order chi connectivity index (χ0) is 28.2. The van der Waals surface area contributed by atoms with E-state index in [0.29, 0.717) is 30.4 Å². The van der Waals surface area contributed by atoms with Crippen molar-refractivity contribution in [2.24, 2.45) is 0 Å². The molecule has 1 aliphatic rings. The molecule has 3 heterocycles. The predicted molar refractivity (Wildman–Crippen MR) is 150 cm³/mol. The number of anilines is 2. The quantitative estimate of drug-likeness (QED) is 0.402. The van der Waals surface area contributed by atoms with Gasteiger partial charge >= 0.3 is 12.1 Å². The number of pyridine rings is 1. The Bertz CT molecular complexity index is 1340. The highest BCUT2D eigenvalue weighted by Crippen LogP contribution is 2.33. The molecule has 10 heteroatoms. The van der Waals surface area contributed by atoms with Crippen LogP contribution in [0.2, 0.25) is 0 Å². The normalized spacial score (nSPS) is 17.0. The number of amides is 3. The van der Waals surface area contributed by atoms with Crippen molar-refractivity contribution in [1.29, 1.82) is 0 Å². The number of nitrogens with zero attached hydrogens (tertiary/aromatic N) is 4. The molecule has 39 heavy (non-hydrogen) atoms. The Morgan fingerprint density at radius 2 is 1.87 bits per heavy atom. The van der Waals surface area contributed by atoms with Crippen LogP contribution in [0.5, 0.6) is 5.75 Å². The minimum atomic E-state index is -0.550. The van der Waals surface area contributed by atoms with E-state index < -0.39 is 17.2 Å². The summed E-state index contributed by atoms with van der Waals surface area (Å²) < 4.78 is 11.8. The molecular formula is C29H36N6O4. The number of rotatable bonds is 6. The lowest BCUT2D eigenvalue weighted by molar-refractivity contribution is 0.00236. The average Bonchev–Trinajstić information content (AvgIpc) is 3.25. The van der Waals surface area contributed by atoms with Gasteiger partial charge in [0.2, 0.25) is 0 Å². The average molecular weight is 533 g/mol. The molecule has 1 aliphatic heterocycles. The summed E-state index contributed by atoms with van der Waals surface area (Å²) in [5, 5.41) is 5.43. The maximum atomic E-state index is 12.8. The van der Waals surface area contributed by atoms with Crippen molar-refractivity contribution < 1.29 is 19.1 Å². The van der Waals surface area contributed by atoms with Gasteiger partial charge in [-0.2, -0.15) is 0 Å². The molecule has 1 unspecified atom stereocenters. The molecule has 1 aromatic carbocycles. The van der Waals surface area contributed by atoms with E-state index in [0.717, 1.165) is 35.4 Å². The SMILES string of the molecule is Cc1ccc(NC(=O)Nc2cncc(-c3ccc(OCC4(C)CCCN4C(=O)OC(C)(C)C)c(C)c3)n2)cn1. The Labute approximate surface area is 229 Å². The molecule has 10 nitrogen and oxygen atoms in total. The molecule has 2 aromatic heterocycles. The van der Waals surface area contributed by atoms with Crippen molar-refractivity contribution in [3.63, 3.8) is 0 Å². The van der Waals surface area contributed by atoms with Crippen molar-refractivity contribution in [2.45, 2.75) is 65.5 Å². The van der Waals surface area contributed by atoms with Crippen LogP contribution in [0, 0.1) is 13.8 Å². The monoisotopic (exact) mass is 532 g/mol. The summed E-state index contributed by atoms with van der Waals surface area (Å²) in [6, 6.07) is 8.91. The first kappa shape index (κ1) is 27.8. The van der Waals surface area contributed by atoms with E-state index in [-0.39, 0.29) is 6.09 Å². The van der Waals surface area contributed by atoms with Crippen LogP contribution in [0.15, 0.2) is 48.9 Å². The fraction of sp³-hybridized carbons (Fsp3) is 0.414. The van der Waals surface area contributed by atoms with Crippen LogP contribution >= 0.6 is 0 Å². The number of aryl methyl sites for hydroxylation is 2. The van der Waals surface area contributed by atoms with Gasteiger partial charge < -0.3 is 14.8 Å². The van der Waals surface area contributed by atoms with Crippen LogP contribution in [-0.4, -0.2) is 56.3 Å². The van der Waals surface area contributed by atoms with Crippen molar-refractivity contribution in [2.75, 3.05) is 23.8 Å². The molecule has 0 spiro atoms. The van der Waals surface area contributed by atoms with Gasteiger partial charge in [-0.3, -0.25) is 20.2 Å². The summed E-state index contributed by atoms with van der Waals surface area (Å²) >= 11 is 0. The van der Waals surface area contributed by atoms with Crippen molar-refractivity contribution in [1.82, 2.24) is 19.9 Å². The van der Waals surface area contributed by atoms with Crippen LogP contribution in [0.4, 0.5) is 21.1 Å². The van der Waals surface area contributed by atoms with E-state index in [1.165, 1.54) is 6.20 Å². The number of ether oxygens (including phenoxy) is 2. The van der Waals surface area contributed by atoms with E-state index >= 15 is 0 Å². The number of hydrogen-bond donors (Lipinski definition) is 2. The highest BCUT2D eigenvalue weighted by atomic mass is 16.6. The van der Waals surface area contributed by atoms with Crippen molar-refractivity contribution in [3.05, 3.63) is 60.2 Å². The second-order valence-corrected chi connectivity index (χ2v) is 11.1. The van der Waals surface area contributed by atoms with E-state index in [4.69, 9.17) is 9.47 Å². The summed E-state index contributed by atoms with van der Waals surface area (Å²) in [5.74, 6) is 1.05. The van der Waals surface area contributed by atoms with Crippen LogP contribution in [0.25, 0.3) is 11.3 Å². The first-order chi connectivity index (χ1) is 18.4. The third-order valence-electron chi connectivity index (χ3n) is 6.42. The van der Waals surface area contributed by atoms with Gasteiger partial charge in [-0.15, -0.1) is 0 Å². The lowest BCUT2D eigenvalue weighted by Crippen LogP contribution is -2.50. The van der Waals surface area contributed by atoms with Crippen molar-refractivity contribution in [3.8, 4) is 17.0 Å². The van der Waals surface area contributed by atoms with Crippen LogP contribution in [0.1, 0.15) is 51.8 Å². The highest BCUT2D eigenvalue weighted by Gasteiger charge is 2.42. The zero-order valence-electron chi connectivity index (χ0n) is 23.4. The fourth-order valence-electron chi connectivity index (χ4n) is 4.39. The topological polar surface area (TPSA) is 119 Å². The Balaban J connectivity index is 1.40. The molecule has 1 saturated heterocycles. The van der Waals surface area contributed by atoms with Crippen LogP contribution in [0.3, 0.4) is 0 Å². The Kier molecular flexibility index (Phi) is 8.03. The molecule has 0 bridgehead atoms. The smallest absolute Gasteiger partial charge is 0.410 e. The predicted octanol–water partition coefficient (Wildman–Crippen LogP) is 5.97. The molecule has 3 amide bonds. The molecule has 4 rings (SSSR count). The van der Waals surface area contributed by atoms with Gasteiger partial charge in [0.1, 0.15) is 18.0 Å². The molecule has 1 atom stereocenters. The van der Waals surface area contributed by atoms with Gasteiger partial charge in [-0.05, 0) is 90.3 Å². The molecule has 2 N–H and O–H groups in total. The third kappa shape index (κ3) is 7.22. The highest BCUT2D eigenvalue weighted by molar-refractivity contribution is 5.99. The maximum absolute atomic E-state index is 12.8. The second-order valence-electron chi connectivity index (χ2n) is 11.1. The number of carbonyl (C=O) groups excluding carboxylic acids is 2. The largest absolute Gasteiger partial charge is 0.491 e. The minimum Gasteiger partial charge on any atom is -0.491 e. The maximum Gasteiger partial charge on any atom is 0.410 e. The minimum absolute atomic E-state index is 0.311. The number of benzene rings is 1. The number of hydrogen-bond acceptors (Lipinski definition) is 7. The summed E-state index contributed by atoms with van der Waals surface area (Å²) in [6.07, 6.45) is 6.15. The summed E-state index contributed by atoms with van der Waals surface area (Å²) in [4.78, 5) is 39.9. The fourth-order valence-corrected chi connectivity index (χ4v) is 4.39. The third-order valence-corrected chi connectivity index (χ3v) is 6.42. The van der Waals surface area contributed by atoms with Crippen LogP contribution < -0.4 is 15.4 Å². The number of aromatic nitrogens is 3. The molecule has 0 radical (unpaired) electrons. The number of likely N-dealkylation sites (tertiary alicyclic amines) is 1. The first-order valence-corrected chi connectivity index (χ1v) is 13.0. The second kappa shape index (κ2) is 11.3. The van der Waals surface area contributed by atoms with E-state index in [9.17, 15) is 9.59 Å². The van der Waals surface area contributed by atoms with Gasteiger partial charge in [-0.1, -0.05) is 0 Å². The molecule has 206 valence electrons. The van der Waals surface area contributed by atoms with E-state index in [2.05, 4.69) is 25.6 Å². The lowest BCUT2D eigenvalue weighted by atomic mass is 10.0. The molecule has 3 aromatic rings. The lowest BCUT2D eigenvalue weighted by Gasteiger charge is -2.36. The van der Waals surface area contributed by atoms with Gasteiger partial charge in [-0.25, -0.2) is 14.6 Å². The van der Waals surface area contributed by atoms with Gasteiger partial charge in [0.25, 0.3) is 0 Å². The van der Waals surface area contributed by atoms with E-state index in [1.807, 2.05) is 65.8 Å². The summed E-state index contributed by atoms with van der Waals surface area (Å²) in [6.45, 7) is 12.5. The van der Waals surface area contributed by atoms with Gasteiger partial charge in [0.15, 0.2) is 5.82 Å². The standard InChI is InChI=1S/C29H36N6O4/c1-19-14-21(23-16-30-17-25(33-23)34-26(36)32-22-10-8-20(2)31-15-22)9-11-24(19)38-18-29(6)12-7-13-35(29)27(37)39-28(3,4)5/h8-11,14-17H,7,12-13,18H2,1-6H3,(H2,32,33,34,36). The van der Waals surface area contributed by atoms with Gasteiger partial charge in [0.05, 0.1) is 35.5 Å². The Morgan fingerprint density at radius 1 is 1.08 bits per heavy atom. The number of urea groups is 1. The molecular weight excluding hydrogens is 496 g/mol. The van der Waals surface area contributed by atoms with Gasteiger partial charge in [0, 0.05) is 17.8 Å². The molecule has 0 aliphatic carbocycles.